The van der Waals surface area contributed by atoms with Crippen LogP contribution in [0.15, 0.2) is 83.9 Å². The standard InChI is InChI=1S/C28H25N3O6S/c1-2-36-22-14-10-18(11-15-22)23(32)17-37-27(35)19-8-12-21(13-9-19)29-25(33)16-24-26(34)31-28(38-24)30-20-6-4-3-5-7-20/h3-15,24H,2,16-17H2,1H3,(H,29,33)(H,30,31,34). The summed E-state index contributed by atoms with van der Waals surface area (Å²) in [6.07, 6.45) is -0.0399. The molecule has 0 aromatic heterocycles. The van der Waals surface area contributed by atoms with Gasteiger partial charge in [-0.25, -0.2) is 9.79 Å². The predicted octanol–water partition coefficient (Wildman–Crippen LogP) is 4.37. The molecular formula is C28H25N3O6S. The van der Waals surface area contributed by atoms with E-state index in [1.165, 1.54) is 23.9 Å². The Morgan fingerprint density at radius 1 is 0.947 bits per heavy atom. The molecule has 1 heterocycles. The molecule has 1 aliphatic rings. The van der Waals surface area contributed by atoms with Crippen molar-refractivity contribution < 1.29 is 28.7 Å². The number of rotatable bonds is 10. The van der Waals surface area contributed by atoms with Crippen molar-refractivity contribution >= 4 is 51.9 Å². The highest BCUT2D eigenvalue weighted by Crippen LogP contribution is 2.25. The average Bonchev–Trinajstić information content (AvgIpc) is 3.26. The van der Waals surface area contributed by atoms with Crippen LogP contribution in [0.5, 0.6) is 5.75 Å². The molecule has 1 saturated heterocycles. The van der Waals surface area contributed by atoms with Crippen molar-refractivity contribution in [3.05, 3.63) is 90.0 Å². The van der Waals surface area contributed by atoms with E-state index in [0.29, 0.717) is 34.5 Å². The normalized spacial score (nSPS) is 15.6. The van der Waals surface area contributed by atoms with Gasteiger partial charge >= 0.3 is 5.97 Å². The molecule has 3 aromatic carbocycles. The molecule has 0 bridgehead atoms. The second-order valence-corrected chi connectivity index (χ2v) is 9.33. The highest BCUT2D eigenvalue weighted by molar-refractivity contribution is 8.15. The number of aliphatic imine (C=N–C) groups is 1. The number of carbonyl (C=O) groups is 4. The number of esters is 1. The van der Waals surface area contributed by atoms with Crippen molar-refractivity contribution in [1.82, 2.24) is 5.32 Å². The van der Waals surface area contributed by atoms with Crippen molar-refractivity contribution in [2.75, 3.05) is 18.5 Å². The molecule has 9 nitrogen and oxygen atoms in total. The second kappa shape index (κ2) is 12.7. The average molecular weight is 532 g/mol. The van der Waals surface area contributed by atoms with Crippen LogP contribution in [0.1, 0.15) is 34.1 Å². The lowest BCUT2D eigenvalue weighted by Gasteiger charge is -2.09. The third kappa shape index (κ3) is 7.30. The Morgan fingerprint density at radius 2 is 1.63 bits per heavy atom. The third-order valence-corrected chi connectivity index (χ3v) is 6.44. The molecule has 194 valence electrons. The molecule has 38 heavy (non-hydrogen) atoms. The number of ketones is 1. The molecule has 3 aromatic rings. The van der Waals surface area contributed by atoms with Gasteiger partial charge in [0.1, 0.15) is 11.0 Å². The van der Waals surface area contributed by atoms with E-state index in [1.54, 1.807) is 36.4 Å². The van der Waals surface area contributed by atoms with E-state index in [-0.39, 0.29) is 29.6 Å². The van der Waals surface area contributed by atoms with Gasteiger partial charge in [0.2, 0.25) is 11.8 Å². The molecule has 0 spiro atoms. The summed E-state index contributed by atoms with van der Waals surface area (Å²) >= 11 is 1.20. The van der Waals surface area contributed by atoms with E-state index < -0.39 is 17.8 Å². The summed E-state index contributed by atoms with van der Waals surface area (Å²) in [5.74, 6) is -0.977. The highest BCUT2D eigenvalue weighted by Gasteiger charge is 2.32. The number of nitrogens with zero attached hydrogens (tertiary/aromatic N) is 1. The zero-order valence-electron chi connectivity index (χ0n) is 20.5. The number of benzene rings is 3. The van der Waals surface area contributed by atoms with Crippen LogP contribution in [0.2, 0.25) is 0 Å². The van der Waals surface area contributed by atoms with Gasteiger partial charge in [0.25, 0.3) is 0 Å². The first kappa shape index (κ1) is 26.6. The summed E-state index contributed by atoms with van der Waals surface area (Å²) in [4.78, 5) is 53.8. The van der Waals surface area contributed by atoms with Crippen LogP contribution in [-0.2, 0) is 14.3 Å². The molecule has 0 aliphatic carbocycles. The minimum absolute atomic E-state index is 0.0399. The number of amidine groups is 1. The zero-order chi connectivity index (χ0) is 26.9. The maximum atomic E-state index is 12.5. The van der Waals surface area contributed by atoms with Crippen molar-refractivity contribution in [1.29, 1.82) is 0 Å². The number of Topliss-reactive ketones (excluding diaryl/α,β-unsaturated/α-hetero) is 1. The molecule has 2 amide bonds. The summed E-state index contributed by atoms with van der Waals surface area (Å²) in [5, 5.41) is 5.26. The van der Waals surface area contributed by atoms with Gasteiger partial charge in [-0.1, -0.05) is 30.0 Å². The molecular weight excluding hydrogens is 506 g/mol. The van der Waals surface area contributed by atoms with Crippen LogP contribution in [0.4, 0.5) is 11.4 Å². The number of carbonyl (C=O) groups excluding carboxylic acids is 4. The minimum atomic E-state index is -0.661. The van der Waals surface area contributed by atoms with Crippen LogP contribution in [0, 0.1) is 0 Å². The summed E-state index contributed by atoms with van der Waals surface area (Å²) < 4.78 is 10.5. The lowest BCUT2D eigenvalue weighted by Crippen LogP contribution is -2.28. The van der Waals surface area contributed by atoms with Gasteiger partial charge in [-0.3, -0.25) is 14.4 Å². The van der Waals surface area contributed by atoms with Crippen LogP contribution < -0.4 is 15.4 Å². The SMILES string of the molecule is CCOc1ccc(C(=O)COC(=O)c2ccc(NC(=O)CC3SC(=Nc4ccccc4)NC3=O)cc2)cc1. The molecule has 1 fully saturated rings. The van der Waals surface area contributed by atoms with Gasteiger partial charge in [-0.2, -0.15) is 0 Å². The van der Waals surface area contributed by atoms with E-state index in [2.05, 4.69) is 15.6 Å². The maximum Gasteiger partial charge on any atom is 0.338 e. The van der Waals surface area contributed by atoms with Crippen molar-refractivity contribution in [2.24, 2.45) is 4.99 Å². The van der Waals surface area contributed by atoms with E-state index in [0.717, 1.165) is 0 Å². The summed E-state index contributed by atoms with van der Waals surface area (Å²) in [7, 11) is 0. The van der Waals surface area contributed by atoms with Crippen molar-refractivity contribution in [2.45, 2.75) is 18.6 Å². The lowest BCUT2D eigenvalue weighted by atomic mass is 10.1. The van der Waals surface area contributed by atoms with Crippen LogP contribution in [0.25, 0.3) is 0 Å². The Labute approximate surface area is 223 Å². The molecule has 10 heteroatoms. The Kier molecular flexibility index (Phi) is 8.89. The highest BCUT2D eigenvalue weighted by atomic mass is 32.2. The molecule has 1 unspecified atom stereocenters. The Balaban J connectivity index is 1.24. The molecule has 0 saturated carbocycles. The van der Waals surface area contributed by atoms with Crippen LogP contribution in [0.3, 0.4) is 0 Å². The van der Waals surface area contributed by atoms with Crippen LogP contribution in [-0.4, -0.2) is 47.2 Å². The Bertz CT molecular complexity index is 1340. The Morgan fingerprint density at radius 3 is 2.32 bits per heavy atom. The lowest BCUT2D eigenvalue weighted by molar-refractivity contribution is -0.122. The first-order valence-corrected chi connectivity index (χ1v) is 12.7. The van der Waals surface area contributed by atoms with E-state index in [4.69, 9.17) is 9.47 Å². The number of thioether (sulfide) groups is 1. The number of nitrogens with one attached hydrogen (secondary N) is 2. The number of anilines is 1. The van der Waals surface area contributed by atoms with Gasteiger partial charge in [0, 0.05) is 17.7 Å². The topological polar surface area (TPSA) is 123 Å². The third-order valence-electron chi connectivity index (χ3n) is 5.36. The number of para-hydroxylation sites is 1. The fraction of sp³-hybridized carbons (Fsp3) is 0.179. The molecule has 2 N–H and O–H groups in total. The van der Waals surface area contributed by atoms with E-state index >= 15 is 0 Å². The van der Waals surface area contributed by atoms with Gasteiger partial charge in [-0.15, -0.1) is 0 Å². The number of ether oxygens (including phenoxy) is 2. The number of hydrogen-bond acceptors (Lipinski definition) is 8. The summed E-state index contributed by atoms with van der Waals surface area (Å²) in [6.45, 7) is 1.99. The van der Waals surface area contributed by atoms with E-state index in [9.17, 15) is 19.2 Å². The van der Waals surface area contributed by atoms with E-state index in [1.807, 2.05) is 37.3 Å². The largest absolute Gasteiger partial charge is 0.494 e. The van der Waals surface area contributed by atoms with Crippen LogP contribution >= 0.6 is 11.8 Å². The summed E-state index contributed by atoms with van der Waals surface area (Å²) in [6, 6.07) is 21.9. The fourth-order valence-corrected chi connectivity index (χ4v) is 4.47. The van der Waals surface area contributed by atoms with Gasteiger partial charge < -0.3 is 20.1 Å². The quantitative estimate of drug-likeness (QED) is 0.294. The van der Waals surface area contributed by atoms with Gasteiger partial charge in [0.05, 0.1) is 17.9 Å². The number of amides is 2. The molecule has 4 rings (SSSR count). The molecule has 1 aliphatic heterocycles. The van der Waals surface area contributed by atoms with Gasteiger partial charge in [0.15, 0.2) is 17.6 Å². The zero-order valence-corrected chi connectivity index (χ0v) is 21.3. The smallest absolute Gasteiger partial charge is 0.338 e. The summed E-state index contributed by atoms with van der Waals surface area (Å²) in [5.41, 5.74) is 1.81. The number of hydrogen-bond donors (Lipinski definition) is 2. The maximum absolute atomic E-state index is 12.5. The molecule has 1 atom stereocenters. The first-order chi connectivity index (χ1) is 18.4. The monoisotopic (exact) mass is 531 g/mol. The Hall–Kier alpha value is -4.44. The minimum Gasteiger partial charge on any atom is -0.494 e. The fourth-order valence-electron chi connectivity index (χ4n) is 3.48. The first-order valence-electron chi connectivity index (χ1n) is 11.9. The van der Waals surface area contributed by atoms with Crippen molar-refractivity contribution in [3.8, 4) is 5.75 Å². The predicted molar refractivity (Wildman–Crippen MR) is 145 cm³/mol. The molecule has 0 radical (unpaired) electrons. The second-order valence-electron chi connectivity index (χ2n) is 8.13. The van der Waals surface area contributed by atoms with Crippen molar-refractivity contribution in [3.63, 3.8) is 0 Å². The van der Waals surface area contributed by atoms with Gasteiger partial charge in [-0.05, 0) is 67.6 Å².